The Bertz CT molecular complexity index is 1180. The molecule has 7 heteroatoms. The lowest BCUT2D eigenvalue weighted by molar-refractivity contribution is -0.124. The van der Waals surface area contributed by atoms with Gasteiger partial charge in [0.2, 0.25) is 0 Å². The molecule has 1 fully saturated rings. The molecule has 2 aromatic carbocycles. The van der Waals surface area contributed by atoms with Crippen molar-refractivity contribution >= 4 is 17.4 Å². The van der Waals surface area contributed by atoms with E-state index in [2.05, 4.69) is 27.1 Å². The van der Waals surface area contributed by atoms with Gasteiger partial charge in [-0.1, -0.05) is 24.1 Å². The van der Waals surface area contributed by atoms with Gasteiger partial charge < -0.3 is 15.0 Å². The van der Waals surface area contributed by atoms with Gasteiger partial charge in [0.05, 0.1) is 11.3 Å². The third-order valence-electron chi connectivity index (χ3n) is 5.47. The van der Waals surface area contributed by atoms with E-state index in [0.29, 0.717) is 48.4 Å². The highest BCUT2D eigenvalue weighted by Gasteiger charge is 2.25. The van der Waals surface area contributed by atoms with Crippen molar-refractivity contribution in [3.8, 4) is 23.3 Å². The lowest BCUT2D eigenvalue weighted by atomic mass is 10.0. The van der Waals surface area contributed by atoms with Crippen molar-refractivity contribution in [1.82, 2.24) is 14.9 Å². The van der Waals surface area contributed by atoms with Crippen molar-refractivity contribution in [2.24, 2.45) is 5.92 Å². The fourth-order valence-corrected chi connectivity index (χ4v) is 3.73. The van der Waals surface area contributed by atoms with Crippen LogP contribution in [0.3, 0.4) is 0 Å². The molecule has 2 N–H and O–H groups in total. The summed E-state index contributed by atoms with van der Waals surface area (Å²) >= 11 is 0. The molecule has 1 unspecified atom stereocenters. The molecule has 0 spiro atoms. The largest absolute Gasteiger partial charge is 0.457 e. The molecule has 1 aliphatic heterocycles. The van der Waals surface area contributed by atoms with E-state index in [1.165, 1.54) is 6.33 Å². The van der Waals surface area contributed by atoms with Gasteiger partial charge in [-0.15, -0.1) is 0 Å². The normalized spacial score (nSPS) is 14.8. The Hall–Kier alpha value is -4.18. The topological polar surface area (TPSA) is 91.2 Å². The van der Waals surface area contributed by atoms with E-state index in [-0.39, 0.29) is 5.91 Å². The van der Waals surface area contributed by atoms with Crippen LogP contribution in [0.2, 0.25) is 0 Å². The van der Waals surface area contributed by atoms with Crippen molar-refractivity contribution in [2.45, 2.75) is 13.3 Å². The maximum atomic E-state index is 12.0. The zero-order valence-electron chi connectivity index (χ0n) is 18.4. The van der Waals surface area contributed by atoms with E-state index in [1.807, 2.05) is 54.6 Å². The molecule has 1 amide bonds. The molecule has 1 aromatic heterocycles. The number of carbonyl (C=O) groups is 1. The first-order valence-corrected chi connectivity index (χ1v) is 10.8. The first-order valence-electron chi connectivity index (χ1n) is 10.8. The fraction of sp³-hybridized carbons (Fsp3) is 0.231. The number of nitrogens with one attached hydrogen (secondary N) is 2. The minimum absolute atomic E-state index is 0.121. The van der Waals surface area contributed by atoms with Gasteiger partial charge in [-0.25, -0.2) is 9.97 Å². The fourth-order valence-electron chi connectivity index (χ4n) is 3.73. The number of hydrogen-bond donors (Lipinski definition) is 2. The van der Waals surface area contributed by atoms with Gasteiger partial charge in [0, 0.05) is 31.4 Å². The maximum absolute atomic E-state index is 12.0. The molecule has 0 aliphatic carbocycles. The number of benzene rings is 2. The Morgan fingerprint density at radius 3 is 2.70 bits per heavy atom. The molecule has 0 bridgehead atoms. The van der Waals surface area contributed by atoms with Crippen LogP contribution in [0.5, 0.6) is 11.5 Å². The summed E-state index contributed by atoms with van der Waals surface area (Å²) in [6.07, 6.45) is 4.02. The molecule has 0 radical (unpaired) electrons. The smallest absolute Gasteiger partial charge is 0.298 e. The van der Waals surface area contributed by atoms with E-state index in [4.69, 9.17) is 10.1 Å². The molecular weight excluding hydrogens is 414 g/mol. The summed E-state index contributed by atoms with van der Waals surface area (Å²) in [5.74, 6) is 7.52. The Labute approximate surface area is 193 Å². The van der Waals surface area contributed by atoms with Crippen molar-refractivity contribution < 1.29 is 9.53 Å². The molecule has 3 aromatic rings. The number of para-hydroxylation sites is 1. The summed E-state index contributed by atoms with van der Waals surface area (Å²) in [5, 5.41) is 12.0. The Balaban J connectivity index is 1.40. The number of ether oxygens (including phenoxy) is 1. The van der Waals surface area contributed by atoms with Crippen LogP contribution in [-0.2, 0) is 4.79 Å². The number of carbonyl (C=O) groups excluding carboxylic acids is 1. The zero-order chi connectivity index (χ0) is 23.0. The molecule has 0 saturated carbocycles. The zero-order valence-corrected chi connectivity index (χ0v) is 18.4. The lowest BCUT2D eigenvalue weighted by Crippen LogP contribution is -2.28. The van der Waals surface area contributed by atoms with Crippen molar-refractivity contribution in [3.63, 3.8) is 0 Å². The average Bonchev–Trinajstić information content (AvgIpc) is 3.33. The summed E-state index contributed by atoms with van der Waals surface area (Å²) in [7, 11) is 0. The molecule has 7 nitrogen and oxygen atoms in total. The van der Waals surface area contributed by atoms with Crippen LogP contribution in [0.1, 0.15) is 24.5 Å². The highest BCUT2D eigenvalue weighted by Crippen LogP contribution is 2.24. The van der Waals surface area contributed by atoms with E-state index >= 15 is 0 Å². The molecule has 1 aliphatic rings. The SMILES string of the molecule is CC#CC(=O)N1CCC(CNc2ncncc2C(=N)c2ccc(Oc3ccccc3)cc2)C1. The molecule has 1 atom stereocenters. The van der Waals surface area contributed by atoms with Gasteiger partial charge in [-0.2, -0.15) is 0 Å². The summed E-state index contributed by atoms with van der Waals surface area (Å²) in [5.41, 5.74) is 1.69. The van der Waals surface area contributed by atoms with E-state index in [9.17, 15) is 4.79 Å². The van der Waals surface area contributed by atoms with Crippen molar-refractivity contribution in [2.75, 3.05) is 25.0 Å². The number of amides is 1. The Kier molecular flexibility index (Phi) is 6.96. The van der Waals surface area contributed by atoms with E-state index < -0.39 is 0 Å². The Morgan fingerprint density at radius 1 is 1.18 bits per heavy atom. The summed E-state index contributed by atoms with van der Waals surface area (Å²) in [4.78, 5) is 22.2. The van der Waals surface area contributed by atoms with E-state index in [0.717, 1.165) is 17.7 Å². The standard InChI is InChI=1S/C26H25N5O2/c1-2-6-24(32)31-14-13-19(17-31)15-29-26-23(16-28-18-30-26)25(27)20-9-11-22(12-10-20)33-21-7-4-3-5-8-21/h3-5,7-12,16,18-19,27H,13-15,17H2,1H3,(H,28,29,30). The molecule has 166 valence electrons. The second kappa shape index (κ2) is 10.4. The van der Waals surface area contributed by atoms with E-state index in [1.54, 1.807) is 18.0 Å². The second-order valence-corrected chi connectivity index (χ2v) is 7.76. The number of hydrogen-bond acceptors (Lipinski definition) is 6. The summed E-state index contributed by atoms with van der Waals surface area (Å²) < 4.78 is 5.83. The predicted molar refractivity (Wildman–Crippen MR) is 128 cm³/mol. The average molecular weight is 440 g/mol. The van der Waals surface area contributed by atoms with Gasteiger partial charge in [-0.3, -0.25) is 10.2 Å². The third kappa shape index (κ3) is 5.55. The third-order valence-corrected chi connectivity index (χ3v) is 5.47. The van der Waals surface area contributed by atoms with Crippen LogP contribution in [0.25, 0.3) is 0 Å². The number of aromatic nitrogens is 2. The minimum Gasteiger partial charge on any atom is -0.457 e. The highest BCUT2D eigenvalue weighted by molar-refractivity contribution is 6.13. The number of rotatable bonds is 7. The first-order chi connectivity index (χ1) is 16.1. The monoisotopic (exact) mass is 439 g/mol. The molecule has 1 saturated heterocycles. The van der Waals surface area contributed by atoms with Crippen LogP contribution in [0.15, 0.2) is 67.1 Å². The van der Waals surface area contributed by atoms with Gasteiger partial charge >= 0.3 is 0 Å². The van der Waals surface area contributed by atoms with Crippen LogP contribution >= 0.6 is 0 Å². The number of nitrogens with zero attached hydrogens (tertiary/aromatic N) is 3. The van der Waals surface area contributed by atoms with Gasteiger partial charge in [0.25, 0.3) is 5.91 Å². The second-order valence-electron chi connectivity index (χ2n) is 7.76. The summed E-state index contributed by atoms with van der Waals surface area (Å²) in [6, 6.07) is 17.0. The van der Waals surface area contributed by atoms with Gasteiger partial charge in [-0.05, 0) is 61.6 Å². The lowest BCUT2D eigenvalue weighted by Gasteiger charge is -2.16. The molecule has 2 heterocycles. The van der Waals surface area contributed by atoms with Crippen LogP contribution in [0, 0.1) is 23.2 Å². The Morgan fingerprint density at radius 2 is 1.94 bits per heavy atom. The summed E-state index contributed by atoms with van der Waals surface area (Å²) in [6.45, 7) is 3.71. The first kappa shape index (κ1) is 22.0. The van der Waals surface area contributed by atoms with Crippen LogP contribution < -0.4 is 10.1 Å². The predicted octanol–water partition coefficient (Wildman–Crippen LogP) is 3.97. The highest BCUT2D eigenvalue weighted by atomic mass is 16.5. The van der Waals surface area contributed by atoms with Crippen molar-refractivity contribution in [1.29, 1.82) is 5.41 Å². The molecule has 4 rings (SSSR count). The number of likely N-dealkylation sites (tertiary alicyclic amines) is 1. The van der Waals surface area contributed by atoms with Crippen LogP contribution in [-0.4, -0.2) is 46.1 Å². The molecule has 33 heavy (non-hydrogen) atoms. The quantitative estimate of drug-likeness (QED) is 0.429. The molecular formula is C26H25N5O2. The van der Waals surface area contributed by atoms with Gasteiger partial charge in [0.15, 0.2) is 0 Å². The van der Waals surface area contributed by atoms with Gasteiger partial charge in [0.1, 0.15) is 23.6 Å². The maximum Gasteiger partial charge on any atom is 0.298 e. The number of anilines is 1. The van der Waals surface area contributed by atoms with Crippen molar-refractivity contribution in [3.05, 3.63) is 78.2 Å². The van der Waals surface area contributed by atoms with Crippen LogP contribution in [0.4, 0.5) is 5.82 Å². The minimum atomic E-state index is -0.121.